The SMILES string of the molecule is Cc1cc(NC(=O)COC(=O)c2ccc3nc(-c4ccccc4)[nH]c3c2)no1. The second-order valence-corrected chi connectivity index (χ2v) is 6.13. The number of aryl methyl sites for hydroxylation is 1. The third-order valence-corrected chi connectivity index (χ3v) is 3.99. The smallest absolute Gasteiger partial charge is 0.338 e. The van der Waals surface area contributed by atoms with Crippen molar-refractivity contribution in [2.24, 2.45) is 0 Å². The molecular formula is C20H16N4O4. The van der Waals surface area contributed by atoms with Gasteiger partial charge in [0.2, 0.25) is 0 Å². The van der Waals surface area contributed by atoms with Crippen LogP contribution in [0.5, 0.6) is 0 Å². The van der Waals surface area contributed by atoms with E-state index in [1.807, 2.05) is 30.3 Å². The van der Waals surface area contributed by atoms with Gasteiger partial charge in [0.25, 0.3) is 5.91 Å². The van der Waals surface area contributed by atoms with Gasteiger partial charge in [0.05, 0.1) is 16.6 Å². The molecule has 0 aliphatic rings. The van der Waals surface area contributed by atoms with Crippen LogP contribution in [0.3, 0.4) is 0 Å². The van der Waals surface area contributed by atoms with Gasteiger partial charge in [-0.1, -0.05) is 35.5 Å². The van der Waals surface area contributed by atoms with Crippen LogP contribution in [0.1, 0.15) is 16.1 Å². The normalized spacial score (nSPS) is 10.8. The fraction of sp³-hybridized carbons (Fsp3) is 0.100. The maximum Gasteiger partial charge on any atom is 0.338 e. The average Bonchev–Trinajstić information content (AvgIpc) is 3.32. The summed E-state index contributed by atoms with van der Waals surface area (Å²) in [6.45, 7) is 1.28. The van der Waals surface area contributed by atoms with Gasteiger partial charge in [0.15, 0.2) is 12.4 Å². The van der Waals surface area contributed by atoms with Gasteiger partial charge in [0, 0.05) is 11.6 Å². The van der Waals surface area contributed by atoms with Crippen molar-refractivity contribution >= 4 is 28.7 Å². The lowest BCUT2D eigenvalue weighted by atomic mass is 10.2. The number of esters is 1. The van der Waals surface area contributed by atoms with Crippen molar-refractivity contribution in [3.05, 3.63) is 65.9 Å². The van der Waals surface area contributed by atoms with Gasteiger partial charge in [-0.25, -0.2) is 9.78 Å². The molecule has 2 N–H and O–H groups in total. The molecule has 2 heterocycles. The molecule has 0 radical (unpaired) electrons. The highest BCUT2D eigenvalue weighted by Gasteiger charge is 2.14. The van der Waals surface area contributed by atoms with E-state index >= 15 is 0 Å². The molecular weight excluding hydrogens is 360 g/mol. The molecule has 1 amide bonds. The number of carbonyl (C=O) groups is 2. The lowest BCUT2D eigenvalue weighted by Gasteiger charge is -2.04. The molecule has 28 heavy (non-hydrogen) atoms. The fourth-order valence-corrected chi connectivity index (χ4v) is 2.69. The standard InChI is InChI=1S/C20H16N4O4/c1-12-9-17(24-28-12)23-18(25)11-27-20(26)14-7-8-15-16(10-14)22-19(21-15)13-5-3-2-4-6-13/h2-10H,11H2,1H3,(H,21,22)(H,23,24,25). The highest BCUT2D eigenvalue weighted by Crippen LogP contribution is 2.21. The minimum absolute atomic E-state index is 0.269. The van der Waals surface area contributed by atoms with Crippen LogP contribution in [-0.4, -0.2) is 33.6 Å². The van der Waals surface area contributed by atoms with Gasteiger partial charge in [-0.2, -0.15) is 0 Å². The van der Waals surface area contributed by atoms with Crippen molar-refractivity contribution in [3.8, 4) is 11.4 Å². The Morgan fingerprint density at radius 3 is 2.71 bits per heavy atom. The molecule has 0 unspecified atom stereocenters. The molecule has 0 bridgehead atoms. The summed E-state index contributed by atoms with van der Waals surface area (Å²) in [4.78, 5) is 31.8. The second kappa shape index (κ2) is 7.36. The Hall–Kier alpha value is -3.94. The summed E-state index contributed by atoms with van der Waals surface area (Å²) in [7, 11) is 0. The van der Waals surface area contributed by atoms with E-state index in [-0.39, 0.29) is 5.82 Å². The van der Waals surface area contributed by atoms with Gasteiger partial charge >= 0.3 is 5.97 Å². The number of amides is 1. The summed E-state index contributed by atoms with van der Waals surface area (Å²) in [6, 6.07) is 16.2. The zero-order chi connectivity index (χ0) is 19.5. The number of hydrogen-bond acceptors (Lipinski definition) is 6. The average molecular weight is 376 g/mol. The summed E-state index contributed by atoms with van der Waals surface area (Å²) in [5.74, 6) is 0.434. The van der Waals surface area contributed by atoms with Gasteiger partial charge < -0.3 is 19.6 Å². The Kier molecular flexibility index (Phi) is 4.59. The summed E-state index contributed by atoms with van der Waals surface area (Å²) in [5.41, 5.74) is 2.70. The molecule has 8 heteroatoms. The number of H-pyrrole nitrogens is 1. The molecule has 0 spiro atoms. The van der Waals surface area contributed by atoms with Gasteiger partial charge in [-0.3, -0.25) is 4.79 Å². The lowest BCUT2D eigenvalue weighted by molar-refractivity contribution is -0.119. The minimum Gasteiger partial charge on any atom is -0.452 e. The van der Waals surface area contributed by atoms with Crippen LogP contribution < -0.4 is 5.32 Å². The first-order valence-electron chi connectivity index (χ1n) is 8.54. The summed E-state index contributed by atoms with van der Waals surface area (Å²) < 4.78 is 9.92. The van der Waals surface area contributed by atoms with E-state index in [4.69, 9.17) is 9.26 Å². The molecule has 140 valence electrons. The first-order chi connectivity index (χ1) is 13.6. The number of aromatic amines is 1. The monoisotopic (exact) mass is 376 g/mol. The molecule has 0 aliphatic carbocycles. The Bertz CT molecular complexity index is 1150. The van der Waals surface area contributed by atoms with Crippen molar-refractivity contribution in [3.63, 3.8) is 0 Å². The Balaban J connectivity index is 1.43. The Morgan fingerprint density at radius 2 is 1.96 bits per heavy atom. The van der Waals surface area contributed by atoms with Crippen LogP contribution in [0.25, 0.3) is 22.4 Å². The van der Waals surface area contributed by atoms with E-state index in [0.29, 0.717) is 22.7 Å². The number of fused-ring (bicyclic) bond motifs is 1. The molecule has 0 aliphatic heterocycles. The van der Waals surface area contributed by atoms with E-state index < -0.39 is 18.5 Å². The van der Waals surface area contributed by atoms with E-state index in [1.54, 1.807) is 31.2 Å². The van der Waals surface area contributed by atoms with E-state index in [1.165, 1.54) is 0 Å². The first kappa shape index (κ1) is 17.5. The van der Waals surface area contributed by atoms with Crippen LogP contribution in [0.15, 0.2) is 59.1 Å². The number of aromatic nitrogens is 3. The van der Waals surface area contributed by atoms with E-state index in [0.717, 1.165) is 11.1 Å². The van der Waals surface area contributed by atoms with Gasteiger partial charge in [-0.05, 0) is 25.1 Å². The third-order valence-electron chi connectivity index (χ3n) is 3.99. The number of hydrogen-bond donors (Lipinski definition) is 2. The molecule has 0 fully saturated rings. The van der Waals surface area contributed by atoms with E-state index in [9.17, 15) is 9.59 Å². The fourth-order valence-electron chi connectivity index (χ4n) is 2.69. The zero-order valence-electron chi connectivity index (χ0n) is 14.9. The number of nitrogens with one attached hydrogen (secondary N) is 2. The zero-order valence-corrected chi connectivity index (χ0v) is 14.9. The number of rotatable bonds is 5. The highest BCUT2D eigenvalue weighted by atomic mass is 16.5. The molecule has 2 aromatic carbocycles. The van der Waals surface area contributed by atoms with Crippen LogP contribution in [0.4, 0.5) is 5.82 Å². The van der Waals surface area contributed by atoms with Crippen molar-refractivity contribution in [1.29, 1.82) is 0 Å². The Morgan fingerprint density at radius 1 is 1.14 bits per heavy atom. The maximum atomic E-state index is 12.3. The number of carbonyl (C=O) groups excluding carboxylic acids is 2. The predicted molar refractivity (Wildman–Crippen MR) is 102 cm³/mol. The number of anilines is 1. The summed E-state index contributed by atoms with van der Waals surface area (Å²) in [6.07, 6.45) is 0. The molecule has 8 nitrogen and oxygen atoms in total. The second-order valence-electron chi connectivity index (χ2n) is 6.13. The summed E-state index contributed by atoms with van der Waals surface area (Å²) in [5, 5.41) is 6.13. The maximum absolute atomic E-state index is 12.3. The minimum atomic E-state index is -0.607. The summed E-state index contributed by atoms with van der Waals surface area (Å²) >= 11 is 0. The molecule has 0 atom stereocenters. The van der Waals surface area contributed by atoms with Crippen LogP contribution in [-0.2, 0) is 9.53 Å². The number of nitrogens with zero attached hydrogens (tertiary/aromatic N) is 2. The first-order valence-corrected chi connectivity index (χ1v) is 8.54. The topological polar surface area (TPSA) is 110 Å². The van der Waals surface area contributed by atoms with Crippen molar-refractivity contribution in [1.82, 2.24) is 15.1 Å². The van der Waals surface area contributed by atoms with Gasteiger partial charge in [-0.15, -0.1) is 0 Å². The number of benzene rings is 2. The van der Waals surface area contributed by atoms with Crippen molar-refractivity contribution in [2.45, 2.75) is 6.92 Å². The lowest BCUT2D eigenvalue weighted by Crippen LogP contribution is -2.21. The predicted octanol–water partition coefficient (Wildman–Crippen LogP) is 3.32. The molecule has 0 saturated heterocycles. The highest BCUT2D eigenvalue weighted by molar-refractivity contribution is 5.97. The van der Waals surface area contributed by atoms with Crippen LogP contribution in [0, 0.1) is 6.92 Å². The van der Waals surface area contributed by atoms with Gasteiger partial charge in [0.1, 0.15) is 11.6 Å². The molecule has 0 saturated carbocycles. The third kappa shape index (κ3) is 3.75. The quantitative estimate of drug-likeness (QED) is 0.517. The van der Waals surface area contributed by atoms with Crippen molar-refractivity contribution in [2.75, 3.05) is 11.9 Å². The molecule has 4 rings (SSSR count). The largest absolute Gasteiger partial charge is 0.452 e. The van der Waals surface area contributed by atoms with Crippen LogP contribution >= 0.6 is 0 Å². The molecule has 4 aromatic rings. The van der Waals surface area contributed by atoms with Crippen molar-refractivity contribution < 1.29 is 18.8 Å². The van der Waals surface area contributed by atoms with Crippen LogP contribution in [0.2, 0.25) is 0 Å². The molecule has 2 aromatic heterocycles. The number of ether oxygens (including phenoxy) is 1. The van der Waals surface area contributed by atoms with E-state index in [2.05, 4.69) is 20.4 Å². The number of imidazole rings is 1. The Labute approximate surface area is 159 Å².